The molecule has 0 unspecified atom stereocenters. The first-order valence-corrected chi connectivity index (χ1v) is 6.53. The number of nitrogens with one attached hydrogen (secondary N) is 1. The van der Waals surface area contributed by atoms with Crippen molar-refractivity contribution in [1.29, 1.82) is 0 Å². The summed E-state index contributed by atoms with van der Waals surface area (Å²) in [6, 6.07) is 0. The molecule has 1 rings (SSSR count). The minimum atomic E-state index is 0.707. The van der Waals surface area contributed by atoms with Gasteiger partial charge in [-0.3, -0.25) is 0 Å². The maximum Gasteiger partial charge on any atom is 0.137 e. The van der Waals surface area contributed by atoms with Gasteiger partial charge >= 0.3 is 0 Å². The Morgan fingerprint density at radius 2 is 2.11 bits per heavy atom. The molecule has 18 heavy (non-hydrogen) atoms. The highest BCUT2D eigenvalue weighted by Gasteiger charge is 2.14. The molecule has 0 radical (unpaired) electrons. The van der Waals surface area contributed by atoms with E-state index in [1.54, 1.807) is 13.4 Å². The molecule has 0 aromatic carbocycles. The highest BCUT2D eigenvalue weighted by molar-refractivity contribution is 5.58. The number of ether oxygens (including phenoxy) is 1. The molecule has 0 atom stereocenters. The van der Waals surface area contributed by atoms with Gasteiger partial charge < -0.3 is 15.0 Å². The van der Waals surface area contributed by atoms with Gasteiger partial charge in [0, 0.05) is 32.8 Å². The Morgan fingerprint density at radius 1 is 1.33 bits per heavy atom. The molecule has 102 valence electrons. The van der Waals surface area contributed by atoms with Gasteiger partial charge in [-0.15, -0.1) is 0 Å². The lowest BCUT2D eigenvalue weighted by Gasteiger charge is -2.24. The summed E-state index contributed by atoms with van der Waals surface area (Å²) in [5, 5.41) is 3.15. The molecule has 1 aromatic heterocycles. The van der Waals surface area contributed by atoms with E-state index in [-0.39, 0.29) is 0 Å². The fourth-order valence-corrected chi connectivity index (χ4v) is 1.99. The average molecular weight is 252 g/mol. The van der Waals surface area contributed by atoms with Crippen molar-refractivity contribution in [2.24, 2.45) is 0 Å². The van der Waals surface area contributed by atoms with Crippen LogP contribution in [0.15, 0.2) is 6.33 Å². The van der Waals surface area contributed by atoms with Crippen molar-refractivity contribution in [3.05, 3.63) is 11.9 Å². The van der Waals surface area contributed by atoms with E-state index in [0.717, 1.165) is 37.6 Å². The quantitative estimate of drug-likeness (QED) is 0.766. The van der Waals surface area contributed by atoms with Gasteiger partial charge in [0.2, 0.25) is 0 Å². The second-order valence-electron chi connectivity index (χ2n) is 4.10. The fourth-order valence-electron chi connectivity index (χ4n) is 1.99. The topological polar surface area (TPSA) is 50.3 Å². The zero-order chi connectivity index (χ0) is 13.4. The highest BCUT2D eigenvalue weighted by atomic mass is 16.5. The van der Waals surface area contributed by atoms with Crippen LogP contribution < -0.4 is 10.2 Å². The lowest BCUT2D eigenvalue weighted by atomic mass is 10.1. The largest absolute Gasteiger partial charge is 0.383 e. The number of hydrogen-bond acceptors (Lipinski definition) is 5. The first-order chi connectivity index (χ1) is 8.78. The smallest absolute Gasteiger partial charge is 0.137 e. The Labute approximate surface area is 110 Å². The fraction of sp³-hybridized carbons (Fsp3) is 0.692. The molecule has 5 nitrogen and oxygen atoms in total. The molecule has 0 bridgehead atoms. The van der Waals surface area contributed by atoms with Crippen LogP contribution in [0.25, 0.3) is 0 Å². The summed E-state index contributed by atoms with van der Waals surface area (Å²) < 4.78 is 5.15. The van der Waals surface area contributed by atoms with Crippen molar-refractivity contribution < 1.29 is 4.74 Å². The summed E-state index contributed by atoms with van der Waals surface area (Å²) in [6.07, 6.45) is 3.68. The molecule has 1 aromatic rings. The molecule has 1 N–H and O–H groups in total. The minimum Gasteiger partial charge on any atom is -0.383 e. The average Bonchev–Trinajstić information content (AvgIpc) is 2.41. The maximum atomic E-state index is 5.15. The molecule has 0 saturated heterocycles. The summed E-state index contributed by atoms with van der Waals surface area (Å²) in [6.45, 7) is 6.77. The molecule has 0 saturated carbocycles. The molecule has 5 heteroatoms. The van der Waals surface area contributed by atoms with Gasteiger partial charge in [-0.2, -0.15) is 0 Å². The van der Waals surface area contributed by atoms with Crippen LogP contribution in [0.2, 0.25) is 0 Å². The second kappa shape index (κ2) is 7.87. The Bertz CT molecular complexity index is 357. The Morgan fingerprint density at radius 3 is 2.67 bits per heavy atom. The third kappa shape index (κ3) is 3.57. The van der Waals surface area contributed by atoms with E-state index in [2.05, 4.69) is 34.0 Å². The number of aromatic nitrogens is 2. The van der Waals surface area contributed by atoms with Crippen LogP contribution in [0.1, 0.15) is 25.8 Å². The van der Waals surface area contributed by atoms with Crippen LogP contribution in [-0.4, -0.2) is 43.8 Å². The summed E-state index contributed by atoms with van der Waals surface area (Å²) in [5.41, 5.74) is 1.19. The summed E-state index contributed by atoms with van der Waals surface area (Å²) >= 11 is 0. The molecule has 0 aliphatic carbocycles. The van der Waals surface area contributed by atoms with Gasteiger partial charge in [-0.25, -0.2) is 9.97 Å². The zero-order valence-electron chi connectivity index (χ0n) is 11.9. The lowest BCUT2D eigenvalue weighted by Crippen LogP contribution is -2.29. The maximum absolute atomic E-state index is 5.15. The van der Waals surface area contributed by atoms with E-state index >= 15 is 0 Å². The molecule has 1 heterocycles. The van der Waals surface area contributed by atoms with E-state index in [1.165, 1.54) is 5.56 Å². The number of rotatable bonds is 8. The normalized spacial score (nSPS) is 10.4. The highest BCUT2D eigenvalue weighted by Crippen LogP contribution is 2.24. The molecule has 0 amide bonds. The van der Waals surface area contributed by atoms with Gasteiger partial charge in [0.05, 0.1) is 6.61 Å². The molecule has 0 aliphatic rings. The van der Waals surface area contributed by atoms with E-state index in [4.69, 9.17) is 4.74 Å². The number of nitrogens with zero attached hydrogens (tertiary/aromatic N) is 3. The molecular weight excluding hydrogens is 228 g/mol. The SMILES string of the molecule is CCCc1c(NC)ncnc1N(CC)CCOC. The van der Waals surface area contributed by atoms with Gasteiger partial charge in [0.15, 0.2) is 0 Å². The third-order valence-corrected chi connectivity index (χ3v) is 2.91. The van der Waals surface area contributed by atoms with Crippen molar-refractivity contribution in [1.82, 2.24) is 9.97 Å². The summed E-state index contributed by atoms with van der Waals surface area (Å²) in [5.74, 6) is 1.95. The predicted octanol–water partition coefficient (Wildman–Crippen LogP) is 1.94. The Hall–Kier alpha value is -1.36. The van der Waals surface area contributed by atoms with Crippen LogP contribution in [0.5, 0.6) is 0 Å². The van der Waals surface area contributed by atoms with Crippen molar-refractivity contribution in [3.63, 3.8) is 0 Å². The van der Waals surface area contributed by atoms with Gasteiger partial charge in [0.25, 0.3) is 0 Å². The number of anilines is 2. The van der Waals surface area contributed by atoms with Crippen molar-refractivity contribution in [2.45, 2.75) is 26.7 Å². The first-order valence-electron chi connectivity index (χ1n) is 6.53. The van der Waals surface area contributed by atoms with E-state index in [0.29, 0.717) is 6.61 Å². The monoisotopic (exact) mass is 252 g/mol. The van der Waals surface area contributed by atoms with Gasteiger partial charge in [-0.05, 0) is 13.3 Å². The minimum absolute atomic E-state index is 0.707. The molecule has 0 spiro atoms. The second-order valence-corrected chi connectivity index (χ2v) is 4.10. The van der Waals surface area contributed by atoms with E-state index in [9.17, 15) is 0 Å². The molecular formula is C13H24N4O. The van der Waals surface area contributed by atoms with Crippen LogP contribution in [0, 0.1) is 0 Å². The van der Waals surface area contributed by atoms with Crippen molar-refractivity contribution in [2.75, 3.05) is 44.1 Å². The number of hydrogen-bond donors (Lipinski definition) is 1. The summed E-state index contributed by atoms with van der Waals surface area (Å²) in [7, 11) is 3.62. The van der Waals surface area contributed by atoms with Crippen LogP contribution in [-0.2, 0) is 11.2 Å². The van der Waals surface area contributed by atoms with Gasteiger partial charge in [-0.1, -0.05) is 13.3 Å². The molecule has 0 fully saturated rings. The van der Waals surface area contributed by atoms with Crippen LogP contribution in [0.3, 0.4) is 0 Å². The zero-order valence-corrected chi connectivity index (χ0v) is 11.9. The van der Waals surface area contributed by atoms with Crippen LogP contribution >= 0.6 is 0 Å². The van der Waals surface area contributed by atoms with E-state index < -0.39 is 0 Å². The van der Waals surface area contributed by atoms with Crippen molar-refractivity contribution in [3.8, 4) is 0 Å². The summed E-state index contributed by atoms with van der Waals surface area (Å²) in [4.78, 5) is 11.0. The van der Waals surface area contributed by atoms with E-state index in [1.807, 2.05) is 7.05 Å². The third-order valence-electron chi connectivity index (χ3n) is 2.91. The number of methoxy groups -OCH3 is 1. The lowest BCUT2D eigenvalue weighted by molar-refractivity contribution is 0.205. The van der Waals surface area contributed by atoms with Crippen LogP contribution in [0.4, 0.5) is 11.6 Å². The van der Waals surface area contributed by atoms with Gasteiger partial charge in [0.1, 0.15) is 18.0 Å². The Balaban J connectivity index is 3.03. The number of likely N-dealkylation sites (N-methyl/N-ethyl adjacent to an activating group) is 1. The Kier molecular flexibility index (Phi) is 6.43. The van der Waals surface area contributed by atoms with Crippen molar-refractivity contribution >= 4 is 11.6 Å². The predicted molar refractivity (Wildman–Crippen MR) is 75.3 cm³/mol. The molecule has 0 aliphatic heterocycles. The standard InChI is InChI=1S/C13H24N4O/c1-5-7-11-12(14-3)15-10-16-13(11)17(6-2)8-9-18-4/h10H,5-9H2,1-4H3,(H,14,15,16). The first kappa shape index (κ1) is 14.7.